The van der Waals surface area contributed by atoms with E-state index >= 15 is 0 Å². The molecule has 20 heavy (non-hydrogen) atoms. The van der Waals surface area contributed by atoms with Crippen molar-refractivity contribution in [3.8, 4) is 0 Å². The maximum Gasteiger partial charge on any atom is 0.246 e. The Hall–Kier alpha value is -1.88. The Labute approximate surface area is 121 Å². The fourth-order valence-electron chi connectivity index (χ4n) is 1.89. The molecule has 0 aliphatic carbocycles. The van der Waals surface area contributed by atoms with Gasteiger partial charge in [-0.05, 0) is 38.5 Å². The molecule has 0 unspecified atom stereocenters. The van der Waals surface area contributed by atoms with Crippen LogP contribution >= 0.6 is 11.6 Å². The number of nitrogens with one attached hydrogen (secondary N) is 1. The van der Waals surface area contributed by atoms with Crippen LogP contribution in [-0.2, 0) is 11.3 Å². The van der Waals surface area contributed by atoms with Gasteiger partial charge in [0.25, 0.3) is 0 Å². The molecule has 0 radical (unpaired) electrons. The van der Waals surface area contributed by atoms with E-state index in [2.05, 4.69) is 10.4 Å². The number of halogens is 2. The van der Waals surface area contributed by atoms with Gasteiger partial charge in [-0.25, -0.2) is 4.39 Å². The third-order valence-electron chi connectivity index (χ3n) is 2.98. The molecule has 2 rings (SSSR count). The maximum absolute atomic E-state index is 13.6. The molecule has 0 saturated carbocycles. The van der Waals surface area contributed by atoms with Crippen LogP contribution in [-0.4, -0.2) is 15.7 Å². The third kappa shape index (κ3) is 2.99. The Morgan fingerprint density at radius 3 is 2.70 bits per heavy atom. The van der Waals surface area contributed by atoms with Gasteiger partial charge in [0, 0.05) is 0 Å². The lowest BCUT2D eigenvalue weighted by molar-refractivity contribution is -0.117. The molecule has 1 N–H and O–H groups in total. The van der Waals surface area contributed by atoms with Crippen LogP contribution in [0.15, 0.2) is 18.2 Å². The van der Waals surface area contributed by atoms with E-state index in [1.165, 1.54) is 10.7 Å². The number of amides is 1. The molecule has 0 saturated heterocycles. The zero-order valence-corrected chi connectivity index (χ0v) is 12.3. The van der Waals surface area contributed by atoms with Gasteiger partial charge in [0.05, 0.1) is 22.1 Å². The summed E-state index contributed by atoms with van der Waals surface area (Å²) < 4.78 is 15.1. The van der Waals surface area contributed by atoms with Crippen LogP contribution in [0, 0.1) is 26.6 Å². The summed E-state index contributed by atoms with van der Waals surface area (Å²) in [5.41, 5.74) is 2.42. The highest BCUT2D eigenvalue weighted by atomic mass is 35.5. The second-order valence-electron chi connectivity index (χ2n) is 4.67. The van der Waals surface area contributed by atoms with Crippen LogP contribution in [0.4, 0.5) is 10.1 Å². The van der Waals surface area contributed by atoms with Crippen molar-refractivity contribution < 1.29 is 9.18 Å². The van der Waals surface area contributed by atoms with Crippen molar-refractivity contribution in [2.24, 2.45) is 0 Å². The SMILES string of the molecule is Cc1ccc(F)c(NC(=O)Cn2nc(C)c(Cl)c2C)c1. The molecule has 0 spiro atoms. The molecule has 1 amide bonds. The third-order valence-corrected chi connectivity index (χ3v) is 3.53. The second kappa shape index (κ2) is 5.63. The van der Waals surface area contributed by atoms with Gasteiger partial charge in [-0.2, -0.15) is 5.10 Å². The van der Waals surface area contributed by atoms with Crippen molar-refractivity contribution in [2.75, 3.05) is 5.32 Å². The molecule has 1 aromatic heterocycles. The van der Waals surface area contributed by atoms with Gasteiger partial charge in [-0.1, -0.05) is 17.7 Å². The van der Waals surface area contributed by atoms with E-state index in [0.29, 0.717) is 16.4 Å². The first-order valence-electron chi connectivity index (χ1n) is 6.14. The van der Waals surface area contributed by atoms with E-state index in [1.54, 1.807) is 26.0 Å². The van der Waals surface area contributed by atoms with Crippen molar-refractivity contribution in [1.82, 2.24) is 9.78 Å². The standard InChI is InChI=1S/C14H15ClFN3O/c1-8-4-5-11(16)12(6-8)17-13(20)7-19-10(3)14(15)9(2)18-19/h4-6H,7H2,1-3H3,(H,17,20). The molecule has 0 aliphatic heterocycles. The molecule has 0 aliphatic rings. The number of hydrogen-bond acceptors (Lipinski definition) is 2. The van der Waals surface area contributed by atoms with Crippen LogP contribution in [0.2, 0.25) is 5.02 Å². The molecule has 0 bridgehead atoms. The predicted octanol–water partition coefficient (Wildman–Crippen LogP) is 3.24. The summed E-state index contributed by atoms with van der Waals surface area (Å²) in [5, 5.41) is 7.24. The monoisotopic (exact) mass is 295 g/mol. The van der Waals surface area contributed by atoms with Crippen LogP contribution in [0.3, 0.4) is 0 Å². The fraction of sp³-hybridized carbons (Fsp3) is 0.286. The van der Waals surface area contributed by atoms with E-state index < -0.39 is 5.82 Å². The summed E-state index contributed by atoms with van der Waals surface area (Å²) in [4.78, 5) is 11.9. The molecule has 0 atom stereocenters. The molecule has 1 heterocycles. The number of nitrogens with zero attached hydrogens (tertiary/aromatic N) is 2. The van der Waals surface area contributed by atoms with Crippen molar-refractivity contribution in [1.29, 1.82) is 0 Å². The summed E-state index contributed by atoms with van der Waals surface area (Å²) >= 11 is 6.01. The predicted molar refractivity (Wildman–Crippen MR) is 76.5 cm³/mol. The molecule has 0 fully saturated rings. The van der Waals surface area contributed by atoms with Crippen molar-refractivity contribution >= 4 is 23.2 Å². The van der Waals surface area contributed by atoms with Gasteiger partial charge in [0.15, 0.2) is 0 Å². The smallest absolute Gasteiger partial charge is 0.246 e. The van der Waals surface area contributed by atoms with Crippen LogP contribution < -0.4 is 5.32 Å². The van der Waals surface area contributed by atoms with Gasteiger partial charge in [0.1, 0.15) is 12.4 Å². The van der Waals surface area contributed by atoms with E-state index in [1.807, 2.05) is 6.92 Å². The molecule has 6 heteroatoms. The number of aryl methyl sites for hydroxylation is 2. The first-order valence-corrected chi connectivity index (χ1v) is 6.52. The fourth-order valence-corrected chi connectivity index (χ4v) is 2.03. The van der Waals surface area contributed by atoms with Gasteiger partial charge >= 0.3 is 0 Å². The Kier molecular flexibility index (Phi) is 4.09. The van der Waals surface area contributed by atoms with Crippen molar-refractivity contribution in [2.45, 2.75) is 27.3 Å². The maximum atomic E-state index is 13.6. The minimum atomic E-state index is -0.463. The average molecular weight is 296 g/mol. The minimum Gasteiger partial charge on any atom is -0.322 e. The van der Waals surface area contributed by atoms with Crippen LogP contribution in [0.1, 0.15) is 17.0 Å². The van der Waals surface area contributed by atoms with Gasteiger partial charge in [0.2, 0.25) is 5.91 Å². The number of carbonyl (C=O) groups is 1. The Balaban J connectivity index is 2.13. The number of benzene rings is 1. The summed E-state index contributed by atoms with van der Waals surface area (Å²) in [6.07, 6.45) is 0. The Morgan fingerprint density at radius 1 is 1.40 bits per heavy atom. The number of anilines is 1. The van der Waals surface area contributed by atoms with Gasteiger partial charge in [-0.3, -0.25) is 9.48 Å². The second-order valence-corrected chi connectivity index (χ2v) is 5.05. The topological polar surface area (TPSA) is 46.9 Å². The number of hydrogen-bond donors (Lipinski definition) is 1. The number of rotatable bonds is 3. The zero-order valence-electron chi connectivity index (χ0n) is 11.5. The van der Waals surface area contributed by atoms with Crippen molar-refractivity contribution in [3.63, 3.8) is 0 Å². The van der Waals surface area contributed by atoms with E-state index in [9.17, 15) is 9.18 Å². The van der Waals surface area contributed by atoms with Crippen LogP contribution in [0.5, 0.6) is 0 Å². The quantitative estimate of drug-likeness (QED) is 0.945. The highest BCUT2D eigenvalue weighted by molar-refractivity contribution is 6.31. The number of aromatic nitrogens is 2. The van der Waals surface area contributed by atoms with Gasteiger partial charge < -0.3 is 5.32 Å². The van der Waals surface area contributed by atoms with E-state index in [0.717, 1.165) is 5.56 Å². The lowest BCUT2D eigenvalue weighted by atomic mass is 10.2. The summed E-state index contributed by atoms with van der Waals surface area (Å²) in [7, 11) is 0. The van der Waals surface area contributed by atoms with Gasteiger partial charge in [-0.15, -0.1) is 0 Å². The Morgan fingerprint density at radius 2 is 2.10 bits per heavy atom. The van der Waals surface area contributed by atoms with E-state index in [4.69, 9.17) is 11.6 Å². The molecule has 1 aromatic carbocycles. The van der Waals surface area contributed by atoms with Crippen LogP contribution in [0.25, 0.3) is 0 Å². The van der Waals surface area contributed by atoms with Crippen molar-refractivity contribution in [3.05, 3.63) is 46.0 Å². The summed E-state index contributed by atoms with van der Waals surface area (Å²) in [6.45, 7) is 5.37. The first kappa shape index (κ1) is 14.5. The number of carbonyl (C=O) groups excluding carboxylic acids is 1. The lowest BCUT2D eigenvalue weighted by Gasteiger charge is -2.08. The Bertz CT molecular complexity index is 667. The molecule has 4 nitrogen and oxygen atoms in total. The molecule has 106 valence electrons. The average Bonchev–Trinajstić information content (AvgIpc) is 2.61. The highest BCUT2D eigenvalue weighted by Crippen LogP contribution is 2.19. The summed E-state index contributed by atoms with van der Waals surface area (Å²) in [6, 6.07) is 4.55. The largest absolute Gasteiger partial charge is 0.322 e. The minimum absolute atomic E-state index is 0.00717. The molecular formula is C14H15ClFN3O. The first-order chi connectivity index (χ1) is 9.38. The summed E-state index contributed by atoms with van der Waals surface area (Å²) in [5.74, 6) is -0.813. The highest BCUT2D eigenvalue weighted by Gasteiger charge is 2.13. The lowest BCUT2D eigenvalue weighted by Crippen LogP contribution is -2.21. The normalized spacial score (nSPS) is 10.7. The molecular weight excluding hydrogens is 281 g/mol. The zero-order chi connectivity index (χ0) is 14.9. The molecule has 2 aromatic rings. The van der Waals surface area contributed by atoms with E-state index in [-0.39, 0.29) is 18.1 Å².